The summed E-state index contributed by atoms with van der Waals surface area (Å²) in [5, 5.41) is 9.35. The lowest BCUT2D eigenvalue weighted by Crippen LogP contribution is -2.56. The first-order valence-electron chi connectivity index (χ1n) is 6.06. The molecule has 1 atom stereocenters. The van der Waals surface area contributed by atoms with Crippen LogP contribution in [0.25, 0.3) is 0 Å². The molecule has 2 rings (SSSR count). The van der Waals surface area contributed by atoms with Gasteiger partial charge in [0.15, 0.2) is 0 Å². The van der Waals surface area contributed by atoms with Gasteiger partial charge in [0.05, 0.1) is 6.61 Å². The third-order valence-corrected chi connectivity index (χ3v) is 4.01. The van der Waals surface area contributed by atoms with Crippen LogP contribution < -0.4 is 5.73 Å². The van der Waals surface area contributed by atoms with Crippen molar-refractivity contribution in [1.82, 2.24) is 4.90 Å². The fourth-order valence-corrected chi connectivity index (χ4v) is 2.77. The lowest BCUT2D eigenvalue weighted by atomic mass is 9.86. The van der Waals surface area contributed by atoms with E-state index in [2.05, 4.69) is 0 Å². The Kier molecular flexibility index (Phi) is 2.67. The van der Waals surface area contributed by atoms with Gasteiger partial charge in [0.1, 0.15) is 5.60 Å². The maximum absolute atomic E-state index is 11.8. The van der Waals surface area contributed by atoms with E-state index in [1.807, 2.05) is 20.8 Å². The van der Waals surface area contributed by atoms with Crippen molar-refractivity contribution in [3.05, 3.63) is 0 Å². The standard InChI is InChI=1S/C12H22N2O3/c1-10(2,3)17-9(16)14-6-12(7-14)4-11(12,5-13)8-15/h15H,4-8,13H2,1-3H3. The van der Waals surface area contributed by atoms with Crippen molar-refractivity contribution in [2.75, 3.05) is 26.2 Å². The average Bonchev–Trinajstić information content (AvgIpc) is 2.82. The van der Waals surface area contributed by atoms with Crippen LogP contribution in [0, 0.1) is 10.8 Å². The third-order valence-electron chi connectivity index (χ3n) is 4.01. The highest BCUT2D eigenvalue weighted by atomic mass is 16.6. The molecule has 0 aromatic heterocycles. The molecule has 0 radical (unpaired) electrons. The Morgan fingerprint density at radius 3 is 2.41 bits per heavy atom. The predicted octanol–water partition coefficient (Wildman–Crippen LogP) is 0.565. The van der Waals surface area contributed by atoms with E-state index < -0.39 is 5.60 Å². The number of aliphatic hydroxyl groups excluding tert-OH is 1. The number of nitrogens with two attached hydrogens (primary N) is 1. The maximum Gasteiger partial charge on any atom is 0.410 e. The first-order valence-corrected chi connectivity index (χ1v) is 6.06. The number of hydrogen-bond acceptors (Lipinski definition) is 4. The molecule has 1 saturated heterocycles. The topological polar surface area (TPSA) is 75.8 Å². The molecule has 1 aliphatic carbocycles. The molecule has 1 unspecified atom stereocenters. The first-order chi connectivity index (χ1) is 7.77. The molecule has 2 fully saturated rings. The summed E-state index contributed by atoms with van der Waals surface area (Å²) in [6, 6.07) is 0. The number of nitrogens with zero attached hydrogens (tertiary/aromatic N) is 1. The first kappa shape index (κ1) is 12.6. The van der Waals surface area contributed by atoms with E-state index in [1.165, 1.54) is 0 Å². The minimum absolute atomic E-state index is 0.0629. The highest BCUT2D eigenvalue weighted by Crippen LogP contribution is 2.67. The van der Waals surface area contributed by atoms with Gasteiger partial charge in [0, 0.05) is 30.5 Å². The summed E-state index contributed by atoms with van der Waals surface area (Å²) < 4.78 is 5.29. The molecule has 5 heteroatoms. The molecule has 5 nitrogen and oxygen atoms in total. The summed E-state index contributed by atoms with van der Waals surface area (Å²) in [6.45, 7) is 7.51. The van der Waals surface area contributed by atoms with Gasteiger partial charge in [-0.3, -0.25) is 0 Å². The number of carbonyl (C=O) groups is 1. The summed E-state index contributed by atoms with van der Waals surface area (Å²) in [5.74, 6) is 0. The molecule has 0 aromatic rings. The summed E-state index contributed by atoms with van der Waals surface area (Å²) in [4.78, 5) is 13.4. The summed E-state index contributed by atoms with van der Waals surface area (Å²) in [6.07, 6.45) is 0.658. The third kappa shape index (κ3) is 1.91. The van der Waals surface area contributed by atoms with E-state index in [1.54, 1.807) is 4.90 Å². The summed E-state index contributed by atoms with van der Waals surface area (Å²) in [7, 11) is 0. The summed E-state index contributed by atoms with van der Waals surface area (Å²) in [5.41, 5.74) is 5.16. The Morgan fingerprint density at radius 1 is 1.47 bits per heavy atom. The van der Waals surface area contributed by atoms with Crippen molar-refractivity contribution >= 4 is 6.09 Å². The highest BCUT2D eigenvalue weighted by molar-refractivity contribution is 5.70. The Labute approximate surface area is 102 Å². The van der Waals surface area contributed by atoms with Crippen molar-refractivity contribution in [2.45, 2.75) is 32.8 Å². The molecule has 98 valence electrons. The molecule has 2 aliphatic rings. The van der Waals surface area contributed by atoms with Gasteiger partial charge in [0.25, 0.3) is 0 Å². The maximum atomic E-state index is 11.8. The van der Waals surface area contributed by atoms with Gasteiger partial charge in [0.2, 0.25) is 0 Å². The molecule has 3 N–H and O–H groups in total. The fraction of sp³-hybridized carbons (Fsp3) is 0.917. The SMILES string of the molecule is CC(C)(C)OC(=O)N1CC2(C1)CC2(CN)CO. The van der Waals surface area contributed by atoms with E-state index >= 15 is 0 Å². The molecule has 1 amide bonds. The number of aliphatic hydroxyl groups is 1. The van der Waals surface area contributed by atoms with Crippen LogP contribution in [0.4, 0.5) is 4.79 Å². The highest BCUT2D eigenvalue weighted by Gasteiger charge is 2.72. The molecular formula is C12H22N2O3. The van der Waals surface area contributed by atoms with Crippen LogP contribution in [0.5, 0.6) is 0 Å². The lowest BCUT2D eigenvalue weighted by Gasteiger charge is -2.43. The number of ether oxygens (including phenoxy) is 1. The molecule has 0 aromatic carbocycles. The Bertz CT molecular complexity index is 325. The van der Waals surface area contributed by atoms with Crippen molar-refractivity contribution in [3.63, 3.8) is 0 Å². The normalized spacial score (nSPS) is 30.1. The van der Waals surface area contributed by atoms with Crippen LogP contribution in [-0.4, -0.2) is 47.9 Å². The van der Waals surface area contributed by atoms with E-state index in [9.17, 15) is 9.90 Å². The molecule has 0 bridgehead atoms. The largest absolute Gasteiger partial charge is 0.444 e. The van der Waals surface area contributed by atoms with E-state index in [0.29, 0.717) is 19.6 Å². The zero-order valence-corrected chi connectivity index (χ0v) is 10.8. The van der Waals surface area contributed by atoms with Crippen molar-refractivity contribution < 1.29 is 14.6 Å². The molecule has 1 aliphatic heterocycles. The Morgan fingerprint density at radius 2 is 2.06 bits per heavy atom. The smallest absolute Gasteiger partial charge is 0.410 e. The monoisotopic (exact) mass is 242 g/mol. The van der Waals surface area contributed by atoms with E-state index in [0.717, 1.165) is 6.42 Å². The second kappa shape index (κ2) is 3.59. The van der Waals surface area contributed by atoms with Crippen LogP contribution in [0.1, 0.15) is 27.2 Å². The number of amides is 1. The second-order valence-corrected chi connectivity index (χ2v) is 6.44. The van der Waals surface area contributed by atoms with E-state index in [-0.39, 0.29) is 23.5 Å². The molecule has 17 heavy (non-hydrogen) atoms. The van der Waals surface area contributed by atoms with Gasteiger partial charge in [-0.25, -0.2) is 4.79 Å². The van der Waals surface area contributed by atoms with Crippen LogP contribution in [0.2, 0.25) is 0 Å². The van der Waals surface area contributed by atoms with Gasteiger partial charge >= 0.3 is 6.09 Å². The van der Waals surface area contributed by atoms with E-state index in [4.69, 9.17) is 10.5 Å². The van der Waals surface area contributed by atoms with Crippen LogP contribution in [0.3, 0.4) is 0 Å². The van der Waals surface area contributed by atoms with Gasteiger partial charge < -0.3 is 20.5 Å². The second-order valence-electron chi connectivity index (χ2n) is 6.44. The number of rotatable bonds is 2. The number of likely N-dealkylation sites (tertiary alicyclic amines) is 1. The van der Waals surface area contributed by atoms with Crippen LogP contribution >= 0.6 is 0 Å². The van der Waals surface area contributed by atoms with Gasteiger partial charge in [-0.15, -0.1) is 0 Å². The minimum Gasteiger partial charge on any atom is -0.444 e. The lowest BCUT2D eigenvalue weighted by molar-refractivity contribution is -0.0190. The molecular weight excluding hydrogens is 220 g/mol. The van der Waals surface area contributed by atoms with Crippen LogP contribution in [-0.2, 0) is 4.74 Å². The average molecular weight is 242 g/mol. The van der Waals surface area contributed by atoms with Gasteiger partial charge in [-0.05, 0) is 27.2 Å². The zero-order chi connectivity index (χ0) is 12.9. The quantitative estimate of drug-likeness (QED) is 0.742. The number of hydrogen-bond donors (Lipinski definition) is 2. The van der Waals surface area contributed by atoms with Gasteiger partial charge in [-0.1, -0.05) is 0 Å². The number of carbonyl (C=O) groups excluding carboxylic acids is 1. The fourth-order valence-electron chi connectivity index (χ4n) is 2.77. The van der Waals surface area contributed by atoms with Gasteiger partial charge in [-0.2, -0.15) is 0 Å². The molecule has 1 spiro atoms. The van der Waals surface area contributed by atoms with Crippen LogP contribution in [0.15, 0.2) is 0 Å². The zero-order valence-electron chi connectivity index (χ0n) is 10.8. The van der Waals surface area contributed by atoms with Crippen molar-refractivity contribution in [2.24, 2.45) is 16.6 Å². The minimum atomic E-state index is -0.453. The molecule has 1 heterocycles. The Balaban J connectivity index is 1.86. The Hall–Kier alpha value is -0.810. The molecule has 1 saturated carbocycles. The van der Waals surface area contributed by atoms with Crippen molar-refractivity contribution in [3.8, 4) is 0 Å². The summed E-state index contributed by atoms with van der Waals surface area (Å²) >= 11 is 0. The predicted molar refractivity (Wildman–Crippen MR) is 63.4 cm³/mol. The van der Waals surface area contributed by atoms with Crippen molar-refractivity contribution in [1.29, 1.82) is 0 Å².